The minimum absolute atomic E-state index is 0.0970. The minimum atomic E-state index is -4.23. The molecule has 1 atom stereocenters. The summed E-state index contributed by atoms with van der Waals surface area (Å²) >= 11 is 11.7. The molecule has 0 amide bonds. The molecule has 0 aliphatic carbocycles. The van der Waals surface area contributed by atoms with Gasteiger partial charge in [-0.05, 0) is 12.1 Å². The molecular weight excluding hydrogens is 384 g/mol. The molecule has 0 bridgehead atoms. The normalized spacial score (nSPS) is 12.2. The second-order valence-electron chi connectivity index (χ2n) is 4.45. The molecule has 1 aromatic carbocycles. The van der Waals surface area contributed by atoms with Gasteiger partial charge in [-0.1, -0.05) is 29.3 Å². The van der Waals surface area contributed by atoms with E-state index in [4.69, 9.17) is 43.8 Å². The fourth-order valence-electron chi connectivity index (χ4n) is 1.58. The Balaban J connectivity index is 0.000000307. The number of hydrogen-bond donors (Lipinski definition) is 5. The molecule has 6 N–H and O–H groups in total. The molecule has 1 heterocycles. The van der Waals surface area contributed by atoms with E-state index in [1.165, 1.54) is 6.07 Å². The Morgan fingerprint density at radius 2 is 1.88 bits per heavy atom. The predicted octanol–water partition coefficient (Wildman–Crippen LogP) is 2.34. The maximum absolute atomic E-state index is 10.9. The summed E-state index contributed by atoms with van der Waals surface area (Å²) < 4.78 is 9.97. The molecule has 24 heavy (non-hydrogen) atoms. The largest absolute Gasteiger partial charge is 0.394 e. The van der Waals surface area contributed by atoms with Crippen molar-refractivity contribution in [3.8, 4) is 11.1 Å². The number of nitrogens with two attached hydrogens (primary N) is 1. The number of aromatic nitrogens is 1. The Labute approximate surface area is 146 Å². The number of aromatic amines is 1. The zero-order valence-electron chi connectivity index (χ0n) is 12.0. The maximum atomic E-state index is 10.9. The summed E-state index contributed by atoms with van der Waals surface area (Å²) in [7, 11) is -4.23. The number of nitrogens with one attached hydrogen (secondary N) is 1. The van der Waals surface area contributed by atoms with Crippen molar-refractivity contribution in [2.24, 2.45) is 5.73 Å². The first-order chi connectivity index (χ1) is 11.1. The van der Waals surface area contributed by atoms with Crippen molar-refractivity contribution in [2.45, 2.75) is 5.78 Å². The van der Waals surface area contributed by atoms with Gasteiger partial charge in [0, 0.05) is 18.0 Å². The molecule has 9 nitrogen and oxygen atoms in total. The standard InChI is InChI=1S/C10H6Cl2N2O2.C2H8NO4P/c11-8-3-1-2-6(10(8)14(15)16)7-4-13-5-9(7)12;3-2(1-4)8(5,6)7/h1-5,13H;2,4H,1,3H2,(H2,5,6,7). The van der Waals surface area contributed by atoms with Crippen LogP contribution in [0, 0.1) is 10.1 Å². The summed E-state index contributed by atoms with van der Waals surface area (Å²) in [6.45, 7) is -0.690. The number of nitro benzene ring substituents is 1. The van der Waals surface area contributed by atoms with Crippen molar-refractivity contribution in [2.75, 3.05) is 6.61 Å². The van der Waals surface area contributed by atoms with Crippen LogP contribution in [0.1, 0.15) is 0 Å². The molecule has 0 fully saturated rings. The van der Waals surface area contributed by atoms with Crippen LogP contribution in [0.2, 0.25) is 10.0 Å². The van der Waals surface area contributed by atoms with Crippen LogP contribution < -0.4 is 5.73 Å². The Hall–Kier alpha value is -1.45. The molecule has 0 spiro atoms. The Bertz CT molecular complexity index is 763. The highest BCUT2D eigenvalue weighted by Gasteiger charge is 2.23. The lowest BCUT2D eigenvalue weighted by atomic mass is 10.1. The molecule has 0 radical (unpaired) electrons. The Kier molecular flexibility index (Phi) is 7.37. The van der Waals surface area contributed by atoms with Crippen LogP contribution in [0.15, 0.2) is 30.6 Å². The number of para-hydroxylation sites is 1. The van der Waals surface area contributed by atoms with E-state index in [1.54, 1.807) is 24.5 Å². The third-order valence-corrected chi connectivity index (χ3v) is 4.42. The van der Waals surface area contributed by atoms with E-state index >= 15 is 0 Å². The molecule has 12 heteroatoms. The lowest BCUT2D eigenvalue weighted by Crippen LogP contribution is -2.23. The Morgan fingerprint density at radius 3 is 2.25 bits per heavy atom. The van der Waals surface area contributed by atoms with Gasteiger partial charge < -0.3 is 25.6 Å². The highest BCUT2D eigenvalue weighted by molar-refractivity contribution is 7.52. The van der Waals surface area contributed by atoms with Crippen molar-refractivity contribution in [1.29, 1.82) is 0 Å². The average molecular weight is 398 g/mol. The average Bonchev–Trinajstić information content (AvgIpc) is 2.91. The van der Waals surface area contributed by atoms with Crippen LogP contribution >= 0.6 is 30.8 Å². The molecule has 0 saturated carbocycles. The van der Waals surface area contributed by atoms with Crippen LogP contribution in [-0.2, 0) is 4.57 Å². The fourth-order valence-corrected chi connectivity index (χ4v) is 2.25. The van der Waals surface area contributed by atoms with Gasteiger partial charge in [0.2, 0.25) is 0 Å². The van der Waals surface area contributed by atoms with E-state index in [-0.39, 0.29) is 10.7 Å². The van der Waals surface area contributed by atoms with Crippen molar-refractivity contribution < 1.29 is 24.4 Å². The number of rotatable bonds is 4. The summed E-state index contributed by atoms with van der Waals surface area (Å²) in [5.74, 6) is -1.43. The molecular formula is C12H14Cl2N3O6P. The molecule has 2 rings (SSSR count). The van der Waals surface area contributed by atoms with Gasteiger partial charge in [-0.25, -0.2) is 0 Å². The minimum Gasteiger partial charge on any atom is -0.394 e. The quantitative estimate of drug-likeness (QED) is 0.300. The summed E-state index contributed by atoms with van der Waals surface area (Å²) in [6, 6.07) is 4.73. The third-order valence-electron chi connectivity index (χ3n) is 2.77. The highest BCUT2D eigenvalue weighted by Crippen LogP contribution is 2.38. The number of H-pyrrole nitrogens is 1. The van der Waals surface area contributed by atoms with Crippen LogP contribution in [0.3, 0.4) is 0 Å². The summed E-state index contributed by atoms with van der Waals surface area (Å²) in [5, 5.41) is 19.5. The fraction of sp³-hybridized carbons (Fsp3) is 0.167. The summed E-state index contributed by atoms with van der Waals surface area (Å²) in [6.07, 6.45) is 3.16. The number of hydrogen-bond acceptors (Lipinski definition) is 5. The van der Waals surface area contributed by atoms with E-state index in [1.807, 2.05) is 0 Å². The van der Waals surface area contributed by atoms with Crippen LogP contribution in [0.25, 0.3) is 11.1 Å². The SMILES string of the molecule is NC(CO)P(=O)(O)O.O=[N+]([O-])c1c(Cl)cccc1-c1c[nH]cc1Cl. The number of nitrogens with zero attached hydrogens (tertiary/aromatic N) is 1. The predicted molar refractivity (Wildman–Crippen MR) is 90.0 cm³/mol. The Morgan fingerprint density at radius 1 is 1.25 bits per heavy atom. The van der Waals surface area contributed by atoms with E-state index in [2.05, 4.69) is 4.98 Å². The van der Waals surface area contributed by atoms with E-state index < -0.39 is 24.9 Å². The molecule has 0 aliphatic heterocycles. The van der Waals surface area contributed by atoms with Gasteiger partial charge in [-0.3, -0.25) is 14.7 Å². The molecule has 1 unspecified atom stereocenters. The molecule has 2 aromatic rings. The molecule has 0 saturated heterocycles. The molecule has 0 aliphatic rings. The highest BCUT2D eigenvalue weighted by atomic mass is 35.5. The maximum Gasteiger partial charge on any atom is 0.344 e. The first-order valence-corrected chi connectivity index (χ1v) is 8.70. The van der Waals surface area contributed by atoms with Gasteiger partial charge in [0.1, 0.15) is 10.8 Å². The number of aliphatic hydroxyl groups is 1. The summed E-state index contributed by atoms with van der Waals surface area (Å²) in [5.41, 5.74) is 5.58. The topological polar surface area (TPSA) is 163 Å². The number of aliphatic hydroxyl groups excluding tert-OH is 1. The monoisotopic (exact) mass is 397 g/mol. The second kappa shape index (κ2) is 8.59. The third kappa shape index (κ3) is 5.29. The second-order valence-corrected chi connectivity index (χ2v) is 7.10. The van der Waals surface area contributed by atoms with Crippen LogP contribution in [-0.4, -0.2) is 37.2 Å². The number of halogens is 2. The van der Waals surface area contributed by atoms with Crippen molar-refractivity contribution in [3.63, 3.8) is 0 Å². The van der Waals surface area contributed by atoms with Crippen molar-refractivity contribution >= 4 is 36.5 Å². The van der Waals surface area contributed by atoms with Gasteiger partial charge in [-0.2, -0.15) is 0 Å². The van der Waals surface area contributed by atoms with Gasteiger partial charge >= 0.3 is 7.60 Å². The number of nitro groups is 1. The zero-order valence-corrected chi connectivity index (χ0v) is 14.4. The van der Waals surface area contributed by atoms with Crippen LogP contribution in [0.5, 0.6) is 0 Å². The lowest BCUT2D eigenvalue weighted by molar-refractivity contribution is -0.384. The van der Waals surface area contributed by atoms with E-state index in [9.17, 15) is 14.7 Å². The van der Waals surface area contributed by atoms with Crippen molar-refractivity contribution in [1.82, 2.24) is 4.98 Å². The van der Waals surface area contributed by atoms with Gasteiger partial charge in [-0.15, -0.1) is 0 Å². The number of benzene rings is 1. The van der Waals surface area contributed by atoms with Gasteiger partial charge in [0.05, 0.1) is 22.1 Å². The first kappa shape index (κ1) is 20.6. The first-order valence-electron chi connectivity index (χ1n) is 6.26. The zero-order chi connectivity index (χ0) is 18.5. The van der Waals surface area contributed by atoms with Crippen LogP contribution in [0.4, 0.5) is 5.69 Å². The van der Waals surface area contributed by atoms with E-state index in [0.717, 1.165) is 0 Å². The lowest BCUT2D eigenvalue weighted by Gasteiger charge is -2.08. The van der Waals surface area contributed by atoms with Gasteiger partial charge in [0.25, 0.3) is 5.69 Å². The van der Waals surface area contributed by atoms with E-state index in [0.29, 0.717) is 16.1 Å². The molecule has 1 aromatic heterocycles. The van der Waals surface area contributed by atoms with Gasteiger partial charge in [0.15, 0.2) is 0 Å². The smallest absolute Gasteiger partial charge is 0.344 e. The van der Waals surface area contributed by atoms with Crippen molar-refractivity contribution in [3.05, 3.63) is 50.8 Å². The molecule has 132 valence electrons. The summed E-state index contributed by atoms with van der Waals surface area (Å²) in [4.78, 5) is 29.4.